The Morgan fingerprint density at radius 2 is 2.15 bits per heavy atom. The number of hydrazine groups is 1. The van der Waals surface area contributed by atoms with Gasteiger partial charge in [-0.05, 0) is 12.2 Å². The van der Waals surface area contributed by atoms with Crippen molar-refractivity contribution in [1.29, 1.82) is 0 Å². The number of carbonyl (C=O) groups excluding carboxylic acids is 1. The number of hydrogen-bond donors (Lipinski definition) is 2. The molecule has 0 heterocycles. The molecule has 0 aromatic rings. The van der Waals surface area contributed by atoms with Crippen molar-refractivity contribution in [2.24, 2.45) is 0 Å². The van der Waals surface area contributed by atoms with Gasteiger partial charge in [-0.15, -0.1) is 11.6 Å². The zero-order valence-corrected chi connectivity index (χ0v) is 8.70. The highest BCUT2D eigenvalue weighted by Gasteiger charge is 1.99. The summed E-state index contributed by atoms with van der Waals surface area (Å²) in [7, 11) is 1.55. The van der Waals surface area contributed by atoms with Crippen molar-refractivity contribution in [3.8, 4) is 0 Å². The van der Waals surface area contributed by atoms with E-state index in [0.717, 1.165) is 0 Å². The van der Waals surface area contributed by atoms with Gasteiger partial charge in [0.1, 0.15) is 12.5 Å². The standard InChI is InChI=1S/C6H11ClN2O3S/c1-11-2-3-12-6(13)9-8-5(10)4-7/h2-4H2,1H3,(H,8,10)(H,9,13). The van der Waals surface area contributed by atoms with E-state index in [1.165, 1.54) is 0 Å². The van der Waals surface area contributed by atoms with Gasteiger partial charge in [-0.1, -0.05) is 0 Å². The van der Waals surface area contributed by atoms with Gasteiger partial charge in [-0.2, -0.15) is 0 Å². The fourth-order valence-electron chi connectivity index (χ4n) is 0.408. The topological polar surface area (TPSA) is 59.6 Å². The van der Waals surface area contributed by atoms with Crippen LogP contribution in [0.3, 0.4) is 0 Å². The van der Waals surface area contributed by atoms with Crippen molar-refractivity contribution < 1.29 is 14.3 Å². The third-order valence-corrected chi connectivity index (χ3v) is 1.41. The molecule has 0 rings (SSSR count). The smallest absolute Gasteiger partial charge is 0.275 e. The van der Waals surface area contributed by atoms with Crippen molar-refractivity contribution in [2.45, 2.75) is 0 Å². The van der Waals surface area contributed by atoms with Crippen LogP contribution >= 0.6 is 23.8 Å². The Labute approximate surface area is 86.7 Å². The van der Waals surface area contributed by atoms with Crippen molar-refractivity contribution in [1.82, 2.24) is 10.9 Å². The molecule has 0 atom stereocenters. The maximum atomic E-state index is 10.6. The number of thiocarbonyl (C=S) groups is 1. The Bertz CT molecular complexity index is 179. The van der Waals surface area contributed by atoms with Gasteiger partial charge in [0.25, 0.3) is 11.1 Å². The molecule has 0 aliphatic rings. The summed E-state index contributed by atoms with van der Waals surface area (Å²) in [6, 6.07) is 0. The maximum absolute atomic E-state index is 10.6. The summed E-state index contributed by atoms with van der Waals surface area (Å²) in [5, 5.41) is 0.0792. The van der Waals surface area contributed by atoms with Crippen molar-refractivity contribution in [3.05, 3.63) is 0 Å². The lowest BCUT2D eigenvalue weighted by Crippen LogP contribution is -2.42. The highest BCUT2D eigenvalue weighted by atomic mass is 35.5. The molecular weight excluding hydrogens is 216 g/mol. The number of hydrogen-bond acceptors (Lipinski definition) is 4. The van der Waals surface area contributed by atoms with Crippen molar-refractivity contribution >= 4 is 34.9 Å². The van der Waals surface area contributed by atoms with E-state index in [-0.39, 0.29) is 17.0 Å². The second kappa shape index (κ2) is 8.03. The summed E-state index contributed by atoms with van der Waals surface area (Å²) < 4.78 is 9.63. The van der Waals surface area contributed by atoms with Gasteiger partial charge < -0.3 is 9.47 Å². The Balaban J connectivity index is 3.35. The first kappa shape index (κ1) is 12.4. The minimum absolute atomic E-state index is 0.0792. The summed E-state index contributed by atoms with van der Waals surface area (Å²) >= 11 is 9.89. The van der Waals surface area contributed by atoms with E-state index in [1.807, 2.05) is 0 Å². The van der Waals surface area contributed by atoms with Crippen LogP contribution in [0.2, 0.25) is 0 Å². The summed E-state index contributed by atoms with van der Waals surface area (Å²) in [5.41, 5.74) is 4.59. The van der Waals surface area contributed by atoms with E-state index in [9.17, 15) is 4.79 Å². The van der Waals surface area contributed by atoms with Crippen LogP contribution in [0.15, 0.2) is 0 Å². The lowest BCUT2D eigenvalue weighted by Gasteiger charge is -2.09. The quantitative estimate of drug-likeness (QED) is 0.301. The van der Waals surface area contributed by atoms with Gasteiger partial charge >= 0.3 is 0 Å². The molecule has 13 heavy (non-hydrogen) atoms. The Morgan fingerprint density at radius 3 is 2.69 bits per heavy atom. The minimum atomic E-state index is -0.376. The van der Waals surface area contributed by atoms with Gasteiger partial charge in [0.05, 0.1) is 6.61 Å². The number of rotatable bonds is 4. The lowest BCUT2D eigenvalue weighted by molar-refractivity contribution is -0.119. The molecular formula is C6H11ClN2O3S. The minimum Gasteiger partial charge on any atom is -0.467 e. The van der Waals surface area contributed by atoms with Gasteiger partial charge in [-0.3, -0.25) is 15.6 Å². The van der Waals surface area contributed by atoms with E-state index in [2.05, 4.69) is 23.1 Å². The highest BCUT2D eigenvalue weighted by molar-refractivity contribution is 7.80. The van der Waals surface area contributed by atoms with Crippen LogP contribution in [-0.2, 0) is 14.3 Å². The van der Waals surface area contributed by atoms with Gasteiger partial charge in [0.2, 0.25) is 0 Å². The summed E-state index contributed by atoms with van der Waals surface area (Å²) in [4.78, 5) is 10.6. The second-order valence-corrected chi connectivity index (χ2v) is 2.57. The molecule has 0 aliphatic heterocycles. The van der Waals surface area contributed by atoms with Gasteiger partial charge in [-0.25, -0.2) is 0 Å². The van der Waals surface area contributed by atoms with Crippen LogP contribution < -0.4 is 10.9 Å². The number of halogens is 1. The zero-order chi connectivity index (χ0) is 10.1. The Kier molecular flexibility index (Phi) is 7.66. The normalized spacial score (nSPS) is 9.08. The molecule has 0 aromatic heterocycles. The summed E-state index contributed by atoms with van der Waals surface area (Å²) in [5.74, 6) is -0.507. The van der Waals surface area contributed by atoms with E-state index < -0.39 is 0 Å². The van der Waals surface area contributed by atoms with Gasteiger partial charge in [0.15, 0.2) is 0 Å². The van der Waals surface area contributed by atoms with Gasteiger partial charge in [0, 0.05) is 7.11 Å². The molecule has 0 aliphatic carbocycles. The number of methoxy groups -OCH3 is 1. The number of alkyl halides is 1. The summed E-state index contributed by atoms with van der Waals surface area (Å²) in [6.07, 6.45) is 0. The van der Waals surface area contributed by atoms with Crippen LogP contribution in [0.1, 0.15) is 0 Å². The molecule has 0 bridgehead atoms. The molecule has 0 spiro atoms. The van der Waals surface area contributed by atoms with Crippen LogP contribution in [0.25, 0.3) is 0 Å². The molecule has 0 unspecified atom stereocenters. The fourth-order valence-corrected chi connectivity index (χ4v) is 0.609. The monoisotopic (exact) mass is 226 g/mol. The van der Waals surface area contributed by atoms with E-state index in [4.69, 9.17) is 21.1 Å². The molecule has 76 valence electrons. The first-order valence-electron chi connectivity index (χ1n) is 3.47. The van der Waals surface area contributed by atoms with E-state index in [0.29, 0.717) is 13.2 Å². The maximum Gasteiger partial charge on any atom is 0.275 e. The average Bonchev–Trinajstić information content (AvgIpc) is 2.14. The second-order valence-electron chi connectivity index (χ2n) is 1.94. The Hall–Kier alpha value is -0.590. The molecule has 7 heteroatoms. The molecule has 0 radical (unpaired) electrons. The van der Waals surface area contributed by atoms with Crippen LogP contribution in [-0.4, -0.2) is 37.3 Å². The third kappa shape index (κ3) is 7.76. The molecule has 2 N–H and O–H groups in total. The lowest BCUT2D eigenvalue weighted by atomic mass is 10.7. The van der Waals surface area contributed by atoms with Crippen LogP contribution in [0.4, 0.5) is 0 Å². The Morgan fingerprint density at radius 1 is 1.46 bits per heavy atom. The van der Waals surface area contributed by atoms with Crippen LogP contribution in [0, 0.1) is 0 Å². The fraction of sp³-hybridized carbons (Fsp3) is 0.667. The number of ether oxygens (including phenoxy) is 2. The predicted octanol–water partition coefficient (Wildman–Crippen LogP) is -0.206. The van der Waals surface area contributed by atoms with Crippen LogP contribution in [0.5, 0.6) is 0 Å². The number of amides is 1. The number of nitrogens with one attached hydrogen (secondary N) is 2. The molecule has 5 nitrogen and oxygen atoms in total. The molecule has 0 aromatic carbocycles. The third-order valence-electron chi connectivity index (χ3n) is 0.946. The van der Waals surface area contributed by atoms with Crippen molar-refractivity contribution in [2.75, 3.05) is 26.2 Å². The largest absolute Gasteiger partial charge is 0.467 e. The zero-order valence-electron chi connectivity index (χ0n) is 7.13. The number of carbonyl (C=O) groups is 1. The van der Waals surface area contributed by atoms with Crippen molar-refractivity contribution in [3.63, 3.8) is 0 Å². The summed E-state index contributed by atoms with van der Waals surface area (Å²) in [6.45, 7) is 0.768. The first-order chi connectivity index (χ1) is 6.20. The van der Waals surface area contributed by atoms with E-state index in [1.54, 1.807) is 7.11 Å². The predicted molar refractivity (Wildman–Crippen MR) is 52.4 cm³/mol. The molecule has 0 fully saturated rings. The highest BCUT2D eigenvalue weighted by Crippen LogP contribution is 1.78. The molecule has 1 amide bonds. The molecule has 0 saturated carbocycles. The average molecular weight is 227 g/mol. The SMILES string of the molecule is COCCOC(=S)NNC(=O)CCl. The first-order valence-corrected chi connectivity index (χ1v) is 4.41. The van der Waals surface area contributed by atoms with E-state index >= 15 is 0 Å². The molecule has 0 saturated heterocycles.